The molecule has 2 aromatic rings. The van der Waals surface area contributed by atoms with Gasteiger partial charge in [-0.15, -0.1) is 11.3 Å². The van der Waals surface area contributed by atoms with Crippen LogP contribution in [0.4, 0.5) is 0 Å². The van der Waals surface area contributed by atoms with Gasteiger partial charge in [0.25, 0.3) is 0 Å². The van der Waals surface area contributed by atoms with Crippen molar-refractivity contribution in [3.8, 4) is 0 Å². The van der Waals surface area contributed by atoms with E-state index in [9.17, 15) is 0 Å². The Hall–Kier alpha value is -1.41. The third-order valence-corrected chi connectivity index (χ3v) is 2.97. The van der Waals surface area contributed by atoms with E-state index in [0.717, 1.165) is 11.3 Å². The maximum atomic E-state index is 7.89. The lowest BCUT2D eigenvalue weighted by molar-refractivity contribution is 1.29. The number of nitrogens with one attached hydrogen (secondary N) is 1. The molecule has 0 aliphatic carbocycles. The third-order valence-electron chi connectivity index (χ3n) is 2.04. The van der Waals surface area contributed by atoms with Crippen LogP contribution in [0.1, 0.15) is 10.4 Å². The van der Waals surface area contributed by atoms with Crippen molar-refractivity contribution in [2.75, 3.05) is 0 Å². The van der Waals surface area contributed by atoms with E-state index in [4.69, 9.17) is 5.41 Å². The standard InChI is InChI=1S/C12H11NS/c13-11(12-7-4-8-14-12)9-10-5-2-1-3-6-10/h1-8,13H,9H2. The SMILES string of the molecule is N=C(Cc1ccccc1)c1cccs1. The molecule has 0 saturated carbocycles. The topological polar surface area (TPSA) is 23.9 Å². The highest BCUT2D eigenvalue weighted by Gasteiger charge is 2.02. The first-order chi connectivity index (χ1) is 6.86. The van der Waals surface area contributed by atoms with Gasteiger partial charge in [0.1, 0.15) is 0 Å². The molecule has 1 N–H and O–H groups in total. The van der Waals surface area contributed by atoms with Gasteiger partial charge in [0, 0.05) is 11.3 Å². The molecule has 1 aromatic carbocycles. The fourth-order valence-corrected chi connectivity index (χ4v) is 2.01. The summed E-state index contributed by atoms with van der Waals surface area (Å²) in [5, 5.41) is 9.90. The first kappa shape index (κ1) is 9.16. The Morgan fingerprint density at radius 2 is 1.86 bits per heavy atom. The second-order valence-corrected chi connectivity index (χ2v) is 4.07. The second kappa shape index (κ2) is 4.20. The lowest BCUT2D eigenvalue weighted by Crippen LogP contribution is -2.00. The Balaban J connectivity index is 2.10. The maximum Gasteiger partial charge on any atom is 0.0529 e. The van der Waals surface area contributed by atoms with Crippen LogP contribution in [-0.2, 0) is 6.42 Å². The van der Waals surface area contributed by atoms with Crippen LogP contribution < -0.4 is 0 Å². The normalized spacial score (nSPS) is 10.0. The molecular weight excluding hydrogens is 190 g/mol. The number of rotatable bonds is 3. The zero-order chi connectivity index (χ0) is 9.80. The number of benzene rings is 1. The average molecular weight is 201 g/mol. The molecule has 1 nitrogen and oxygen atoms in total. The third kappa shape index (κ3) is 2.09. The van der Waals surface area contributed by atoms with E-state index in [1.165, 1.54) is 5.56 Å². The summed E-state index contributed by atoms with van der Waals surface area (Å²) in [7, 11) is 0. The Bertz CT molecular complexity index is 403. The van der Waals surface area contributed by atoms with Crippen LogP contribution in [0.3, 0.4) is 0 Å². The molecule has 0 aliphatic rings. The van der Waals surface area contributed by atoms with Crippen LogP contribution in [0.25, 0.3) is 0 Å². The highest BCUT2D eigenvalue weighted by Crippen LogP contribution is 2.12. The summed E-state index contributed by atoms with van der Waals surface area (Å²) >= 11 is 1.63. The summed E-state index contributed by atoms with van der Waals surface area (Å²) in [5.74, 6) is 0. The first-order valence-electron chi connectivity index (χ1n) is 4.51. The van der Waals surface area contributed by atoms with Gasteiger partial charge in [0.2, 0.25) is 0 Å². The van der Waals surface area contributed by atoms with E-state index >= 15 is 0 Å². The highest BCUT2D eigenvalue weighted by molar-refractivity contribution is 7.12. The molecule has 1 heterocycles. The fourth-order valence-electron chi connectivity index (χ4n) is 1.34. The van der Waals surface area contributed by atoms with Crippen molar-refractivity contribution in [2.45, 2.75) is 6.42 Å². The molecule has 0 amide bonds. The summed E-state index contributed by atoms with van der Waals surface area (Å²) < 4.78 is 0. The summed E-state index contributed by atoms with van der Waals surface area (Å²) in [4.78, 5) is 1.06. The molecule has 0 spiro atoms. The number of thiophene rings is 1. The van der Waals surface area contributed by atoms with Crippen molar-refractivity contribution in [3.63, 3.8) is 0 Å². The lowest BCUT2D eigenvalue weighted by atomic mass is 10.1. The monoisotopic (exact) mass is 201 g/mol. The highest BCUT2D eigenvalue weighted by atomic mass is 32.1. The molecular formula is C12H11NS. The van der Waals surface area contributed by atoms with Crippen LogP contribution in [0.15, 0.2) is 47.8 Å². The number of hydrogen-bond acceptors (Lipinski definition) is 2. The van der Waals surface area contributed by atoms with Gasteiger partial charge in [0.15, 0.2) is 0 Å². The van der Waals surface area contributed by atoms with Gasteiger partial charge in [0.05, 0.1) is 5.71 Å². The minimum Gasteiger partial charge on any atom is -0.303 e. The molecule has 0 fully saturated rings. The molecule has 0 saturated heterocycles. The predicted octanol–water partition coefficient (Wildman–Crippen LogP) is 3.36. The van der Waals surface area contributed by atoms with E-state index in [2.05, 4.69) is 12.1 Å². The van der Waals surface area contributed by atoms with Crippen LogP contribution >= 0.6 is 11.3 Å². The van der Waals surface area contributed by atoms with Crippen LogP contribution in [0, 0.1) is 5.41 Å². The minimum absolute atomic E-state index is 0.700. The van der Waals surface area contributed by atoms with Gasteiger partial charge in [-0.05, 0) is 17.0 Å². The molecule has 1 aromatic heterocycles. The van der Waals surface area contributed by atoms with Gasteiger partial charge in [-0.25, -0.2) is 0 Å². The van der Waals surface area contributed by atoms with Crippen LogP contribution in [0.2, 0.25) is 0 Å². The molecule has 0 radical (unpaired) electrons. The smallest absolute Gasteiger partial charge is 0.0529 e. The Morgan fingerprint density at radius 3 is 2.50 bits per heavy atom. The molecule has 2 heteroatoms. The summed E-state index contributed by atoms with van der Waals surface area (Å²) in [6.07, 6.45) is 0.724. The first-order valence-corrected chi connectivity index (χ1v) is 5.39. The van der Waals surface area contributed by atoms with Crippen LogP contribution in [0.5, 0.6) is 0 Å². The zero-order valence-electron chi connectivity index (χ0n) is 7.73. The van der Waals surface area contributed by atoms with E-state index in [1.807, 2.05) is 35.7 Å². The zero-order valence-corrected chi connectivity index (χ0v) is 8.55. The van der Waals surface area contributed by atoms with Crippen molar-refractivity contribution in [2.24, 2.45) is 0 Å². The summed E-state index contributed by atoms with van der Waals surface area (Å²) in [5.41, 5.74) is 1.90. The lowest BCUT2D eigenvalue weighted by Gasteiger charge is -2.00. The predicted molar refractivity (Wildman–Crippen MR) is 61.3 cm³/mol. The molecule has 2 rings (SSSR count). The van der Waals surface area contributed by atoms with Gasteiger partial charge >= 0.3 is 0 Å². The molecule has 70 valence electrons. The molecule has 0 aliphatic heterocycles. The summed E-state index contributed by atoms with van der Waals surface area (Å²) in [6, 6.07) is 14.1. The van der Waals surface area contributed by atoms with Crippen LogP contribution in [-0.4, -0.2) is 5.71 Å². The molecule has 0 unspecified atom stereocenters. The molecule has 0 atom stereocenters. The summed E-state index contributed by atoms with van der Waals surface area (Å²) in [6.45, 7) is 0. The Morgan fingerprint density at radius 1 is 1.07 bits per heavy atom. The van der Waals surface area contributed by atoms with Crippen molar-refractivity contribution in [3.05, 3.63) is 58.3 Å². The quantitative estimate of drug-likeness (QED) is 0.736. The molecule has 0 bridgehead atoms. The van der Waals surface area contributed by atoms with Gasteiger partial charge in [-0.1, -0.05) is 36.4 Å². The van der Waals surface area contributed by atoms with E-state index in [1.54, 1.807) is 11.3 Å². The van der Waals surface area contributed by atoms with Crippen molar-refractivity contribution in [1.82, 2.24) is 0 Å². The van der Waals surface area contributed by atoms with Crippen molar-refractivity contribution in [1.29, 1.82) is 5.41 Å². The number of hydrogen-bond donors (Lipinski definition) is 1. The maximum absolute atomic E-state index is 7.89. The Labute approximate surface area is 87.5 Å². The van der Waals surface area contributed by atoms with E-state index < -0.39 is 0 Å². The van der Waals surface area contributed by atoms with Gasteiger partial charge in [-0.3, -0.25) is 0 Å². The molecule has 14 heavy (non-hydrogen) atoms. The average Bonchev–Trinajstić information content (AvgIpc) is 2.72. The fraction of sp³-hybridized carbons (Fsp3) is 0.0833. The second-order valence-electron chi connectivity index (χ2n) is 3.12. The van der Waals surface area contributed by atoms with Gasteiger partial charge in [-0.2, -0.15) is 0 Å². The largest absolute Gasteiger partial charge is 0.303 e. The Kier molecular flexibility index (Phi) is 2.75. The van der Waals surface area contributed by atoms with Crippen molar-refractivity contribution >= 4 is 17.0 Å². The van der Waals surface area contributed by atoms with Gasteiger partial charge < -0.3 is 5.41 Å². The minimum atomic E-state index is 0.700. The van der Waals surface area contributed by atoms with E-state index in [0.29, 0.717) is 5.71 Å². The van der Waals surface area contributed by atoms with Crippen molar-refractivity contribution < 1.29 is 0 Å². The van der Waals surface area contributed by atoms with E-state index in [-0.39, 0.29) is 0 Å².